The Morgan fingerprint density at radius 3 is 2.87 bits per heavy atom. The fraction of sp³-hybridized carbons (Fsp3) is 0.706. The second-order valence-electron chi connectivity index (χ2n) is 6.83. The van der Waals surface area contributed by atoms with Gasteiger partial charge in [-0.25, -0.2) is 9.97 Å². The van der Waals surface area contributed by atoms with Crippen LogP contribution in [0.5, 0.6) is 0 Å². The Hall–Kier alpha value is -1.69. The van der Waals surface area contributed by atoms with Gasteiger partial charge < -0.3 is 16.2 Å². The average Bonchev–Trinajstić information content (AvgIpc) is 2.50. The van der Waals surface area contributed by atoms with E-state index in [0.29, 0.717) is 29.6 Å². The summed E-state index contributed by atoms with van der Waals surface area (Å²) in [5, 5.41) is 13.3. The van der Waals surface area contributed by atoms with Gasteiger partial charge in [0.25, 0.3) is 5.91 Å². The van der Waals surface area contributed by atoms with Crippen LogP contribution in [0.3, 0.4) is 0 Å². The van der Waals surface area contributed by atoms with Crippen molar-refractivity contribution in [2.24, 2.45) is 17.6 Å². The molecule has 0 unspecified atom stereocenters. The molecule has 6 nitrogen and oxygen atoms in total. The highest BCUT2D eigenvalue weighted by molar-refractivity contribution is 5.97. The van der Waals surface area contributed by atoms with Crippen molar-refractivity contribution in [2.75, 3.05) is 5.32 Å². The van der Waals surface area contributed by atoms with E-state index in [0.717, 1.165) is 31.5 Å². The molecule has 1 saturated carbocycles. The molecule has 1 aliphatic rings. The number of nitrogens with zero attached hydrogens (tertiary/aromatic N) is 2. The number of amides is 1. The van der Waals surface area contributed by atoms with Gasteiger partial charge in [-0.1, -0.05) is 27.2 Å². The smallest absolute Gasteiger partial charge is 0.254 e. The van der Waals surface area contributed by atoms with Gasteiger partial charge in [-0.05, 0) is 31.1 Å². The number of hydrogen-bond acceptors (Lipinski definition) is 5. The topological polar surface area (TPSA) is 101 Å². The fourth-order valence-electron chi connectivity index (χ4n) is 2.89. The van der Waals surface area contributed by atoms with Crippen LogP contribution in [-0.4, -0.2) is 33.1 Å². The molecule has 1 fully saturated rings. The number of primary amides is 1. The number of anilines is 1. The first kappa shape index (κ1) is 17.7. The lowest BCUT2D eigenvalue weighted by atomic mass is 9.85. The standard InChI is InChI=1S/C17H28N4O2/c1-4-10(2)7-15-19-9-13(16(18)23)17(21-15)20-12-6-5-11(3)14(22)8-12/h9-12,14,22H,4-8H2,1-3H3,(H2,18,23)(H,19,20,21)/t10-,11-,12-,14-/m1/s1. The van der Waals surface area contributed by atoms with E-state index >= 15 is 0 Å². The van der Waals surface area contributed by atoms with Crippen LogP contribution in [0, 0.1) is 11.8 Å². The number of aliphatic hydroxyl groups excluding tert-OH is 1. The van der Waals surface area contributed by atoms with Gasteiger partial charge in [-0.2, -0.15) is 0 Å². The van der Waals surface area contributed by atoms with Crippen LogP contribution < -0.4 is 11.1 Å². The summed E-state index contributed by atoms with van der Waals surface area (Å²) in [6.45, 7) is 6.34. The molecular weight excluding hydrogens is 292 g/mol. The second kappa shape index (κ2) is 7.73. The molecule has 2 rings (SSSR count). The van der Waals surface area contributed by atoms with Gasteiger partial charge in [0.15, 0.2) is 0 Å². The molecule has 0 spiro atoms. The molecule has 23 heavy (non-hydrogen) atoms. The summed E-state index contributed by atoms with van der Waals surface area (Å²) < 4.78 is 0. The Balaban J connectivity index is 2.17. The summed E-state index contributed by atoms with van der Waals surface area (Å²) in [7, 11) is 0. The maximum absolute atomic E-state index is 11.6. The van der Waals surface area contributed by atoms with E-state index in [2.05, 4.69) is 36.1 Å². The molecule has 4 N–H and O–H groups in total. The number of rotatable bonds is 6. The number of aliphatic hydroxyl groups is 1. The molecule has 0 saturated heterocycles. The number of aromatic nitrogens is 2. The summed E-state index contributed by atoms with van der Waals surface area (Å²) in [6, 6.07) is 0.102. The Morgan fingerprint density at radius 1 is 1.52 bits per heavy atom. The van der Waals surface area contributed by atoms with Gasteiger partial charge in [0.05, 0.1) is 11.7 Å². The Kier molecular flexibility index (Phi) is 5.93. The van der Waals surface area contributed by atoms with Gasteiger partial charge in [0, 0.05) is 18.7 Å². The third-order valence-electron chi connectivity index (χ3n) is 4.83. The first-order chi connectivity index (χ1) is 10.9. The molecule has 0 radical (unpaired) electrons. The minimum absolute atomic E-state index is 0.102. The predicted molar refractivity (Wildman–Crippen MR) is 90.1 cm³/mol. The molecule has 0 aliphatic heterocycles. The third-order valence-corrected chi connectivity index (χ3v) is 4.83. The van der Waals surface area contributed by atoms with E-state index in [4.69, 9.17) is 5.73 Å². The highest BCUT2D eigenvalue weighted by Gasteiger charge is 2.27. The summed E-state index contributed by atoms with van der Waals surface area (Å²) >= 11 is 0. The lowest BCUT2D eigenvalue weighted by Crippen LogP contribution is -2.35. The molecule has 1 heterocycles. The second-order valence-corrected chi connectivity index (χ2v) is 6.83. The van der Waals surface area contributed by atoms with E-state index in [1.807, 2.05) is 0 Å². The minimum Gasteiger partial charge on any atom is -0.393 e. The monoisotopic (exact) mass is 320 g/mol. The maximum atomic E-state index is 11.6. The van der Waals surface area contributed by atoms with Gasteiger partial charge >= 0.3 is 0 Å². The van der Waals surface area contributed by atoms with E-state index in [-0.39, 0.29) is 12.1 Å². The zero-order chi connectivity index (χ0) is 17.0. The van der Waals surface area contributed by atoms with Crippen molar-refractivity contribution >= 4 is 11.7 Å². The molecule has 128 valence electrons. The largest absolute Gasteiger partial charge is 0.393 e. The zero-order valence-electron chi connectivity index (χ0n) is 14.2. The van der Waals surface area contributed by atoms with E-state index in [9.17, 15) is 9.90 Å². The van der Waals surface area contributed by atoms with E-state index < -0.39 is 5.91 Å². The lowest BCUT2D eigenvalue weighted by Gasteiger charge is -2.32. The van der Waals surface area contributed by atoms with Crippen LogP contribution >= 0.6 is 0 Å². The van der Waals surface area contributed by atoms with Crippen molar-refractivity contribution in [2.45, 2.75) is 65.0 Å². The SMILES string of the molecule is CC[C@@H](C)Cc1ncc(C(N)=O)c(N[C@@H]2CC[C@@H](C)[C@H](O)C2)n1. The molecular formula is C17H28N4O2. The number of nitrogens with two attached hydrogens (primary N) is 1. The number of carbonyl (C=O) groups is 1. The van der Waals surface area contributed by atoms with Crippen molar-refractivity contribution in [1.29, 1.82) is 0 Å². The lowest BCUT2D eigenvalue weighted by molar-refractivity contribution is 0.0739. The van der Waals surface area contributed by atoms with Crippen LogP contribution in [0.1, 0.15) is 62.6 Å². The Morgan fingerprint density at radius 2 is 2.26 bits per heavy atom. The summed E-state index contributed by atoms with van der Waals surface area (Å²) in [5.74, 6) is 1.48. The third kappa shape index (κ3) is 4.64. The predicted octanol–water partition coefficient (Wildman–Crippen LogP) is 2.13. The van der Waals surface area contributed by atoms with Gasteiger partial charge in [0.2, 0.25) is 0 Å². The number of nitrogens with one attached hydrogen (secondary N) is 1. The average molecular weight is 320 g/mol. The van der Waals surface area contributed by atoms with E-state index in [1.165, 1.54) is 6.20 Å². The van der Waals surface area contributed by atoms with E-state index in [1.54, 1.807) is 0 Å². The van der Waals surface area contributed by atoms with Gasteiger partial charge in [0.1, 0.15) is 11.6 Å². The van der Waals surface area contributed by atoms with Crippen LogP contribution in [0.4, 0.5) is 5.82 Å². The zero-order valence-corrected chi connectivity index (χ0v) is 14.2. The minimum atomic E-state index is -0.535. The molecule has 0 bridgehead atoms. The Labute approximate surface area is 137 Å². The molecule has 0 aromatic carbocycles. The van der Waals surface area contributed by atoms with Crippen molar-refractivity contribution in [3.63, 3.8) is 0 Å². The van der Waals surface area contributed by atoms with Crippen LogP contribution in [0.25, 0.3) is 0 Å². The first-order valence-corrected chi connectivity index (χ1v) is 8.51. The summed E-state index contributed by atoms with van der Waals surface area (Å²) in [4.78, 5) is 20.4. The Bertz CT molecular complexity index is 549. The van der Waals surface area contributed by atoms with Gasteiger partial charge in [-0.3, -0.25) is 4.79 Å². The molecule has 6 heteroatoms. The molecule has 1 amide bonds. The number of carbonyl (C=O) groups excluding carboxylic acids is 1. The van der Waals surface area contributed by atoms with Crippen LogP contribution in [0.15, 0.2) is 6.20 Å². The van der Waals surface area contributed by atoms with Gasteiger partial charge in [-0.15, -0.1) is 0 Å². The summed E-state index contributed by atoms with van der Waals surface area (Å²) in [6.07, 6.45) is 5.57. The highest BCUT2D eigenvalue weighted by atomic mass is 16.3. The molecule has 1 aromatic rings. The number of hydrogen-bond donors (Lipinski definition) is 3. The molecule has 1 aliphatic carbocycles. The maximum Gasteiger partial charge on any atom is 0.254 e. The van der Waals surface area contributed by atoms with Crippen molar-refractivity contribution in [1.82, 2.24) is 9.97 Å². The van der Waals surface area contributed by atoms with Crippen LogP contribution in [-0.2, 0) is 6.42 Å². The quantitative estimate of drug-likeness (QED) is 0.745. The molecule has 4 atom stereocenters. The normalized spacial score (nSPS) is 25.8. The highest BCUT2D eigenvalue weighted by Crippen LogP contribution is 2.27. The van der Waals surface area contributed by atoms with Crippen molar-refractivity contribution < 1.29 is 9.90 Å². The first-order valence-electron chi connectivity index (χ1n) is 8.51. The van der Waals surface area contributed by atoms with Crippen molar-refractivity contribution in [3.8, 4) is 0 Å². The molecule has 1 aromatic heterocycles. The fourth-order valence-corrected chi connectivity index (χ4v) is 2.89. The summed E-state index contributed by atoms with van der Waals surface area (Å²) in [5.41, 5.74) is 5.75. The van der Waals surface area contributed by atoms with Crippen LogP contribution in [0.2, 0.25) is 0 Å². The van der Waals surface area contributed by atoms with Crippen molar-refractivity contribution in [3.05, 3.63) is 17.6 Å².